The van der Waals surface area contributed by atoms with Crippen LogP contribution in [0.3, 0.4) is 0 Å². The molecule has 2 fully saturated rings. The van der Waals surface area contributed by atoms with Crippen molar-refractivity contribution < 1.29 is 4.74 Å². The second-order valence-corrected chi connectivity index (χ2v) is 8.59. The largest absolute Gasteiger partial charge is 0.497 e. The topological polar surface area (TPSA) is 52.1 Å². The molecular weight excluding hydrogens is 374 g/mol. The van der Waals surface area contributed by atoms with Gasteiger partial charge in [-0.15, -0.1) is 0 Å². The van der Waals surface area contributed by atoms with Crippen molar-refractivity contribution in [3.63, 3.8) is 0 Å². The molecule has 0 amide bonds. The van der Waals surface area contributed by atoms with E-state index in [4.69, 9.17) is 9.73 Å². The van der Waals surface area contributed by atoms with Crippen molar-refractivity contribution in [2.75, 3.05) is 59.5 Å². The summed E-state index contributed by atoms with van der Waals surface area (Å²) in [4.78, 5) is 10.2. The molecule has 2 aliphatic rings. The first-order valence-corrected chi connectivity index (χ1v) is 11.9. The normalized spacial score (nSPS) is 21.7. The van der Waals surface area contributed by atoms with Gasteiger partial charge in [-0.1, -0.05) is 19.1 Å². The summed E-state index contributed by atoms with van der Waals surface area (Å²) >= 11 is 0. The summed E-state index contributed by atoms with van der Waals surface area (Å²) in [5, 5.41) is 7.06. The van der Waals surface area contributed by atoms with Gasteiger partial charge in [-0.25, -0.2) is 0 Å². The third-order valence-corrected chi connectivity index (χ3v) is 6.29. The smallest absolute Gasteiger partial charge is 0.191 e. The molecule has 0 spiro atoms. The molecule has 0 aromatic heterocycles. The molecular formula is C24H41N5O. The van der Waals surface area contributed by atoms with Gasteiger partial charge in [0.2, 0.25) is 0 Å². The zero-order valence-electron chi connectivity index (χ0n) is 19.2. The van der Waals surface area contributed by atoms with Crippen LogP contribution >= 0.6 is 0 Å². The van der Waals surface area contributed by atoms with Crippen LogP contribution in [0.4, 0.5) is 0 Å². The molecule has 6 heteroatoms. The Bertz CT molecular complexity index is 659. The fourth-order valence-electron chi connectivity index (χ4n) is 4.69. The van der Waals surface area contributed by atoms with Crippen LogP contribution in [0.1, 0.15) is 51.1 Å². The molecule has 6 nitrogen and oxygen atoms in total. The molecule has 2 atom stereocenters. The number of benzene rings is 1. The van der Waals surface area contributed by atoms with Crippen molar-refractivity contribution in [1.82, 2.24) is 20.4 Å². The number of nitrogens with zero attached hydrogens (tertiary/aromatic N) is 3. The first-order valence-electron chi connectivity index (χ1n) is 11.9. The first-order chi connectivity index (χ1) is 14.7. The number of nitrogens with one attached hydrogen (secondary N) is 2. The van der Waals surface area contributed by atoms with Gasteiger partial charge < -0.3 is 20.3 Å². The third-order valence-electron chi connectivity index (χ3n) is 6.29. The number of aliphatic imine (C=N–C) groups is 1. The summed E-state index contributed by atoms with van der Waals surface area (Å²) in [6.07, 6.45) is 5.08. The van der Waals surface area contributed by atoms with Gasteiger partial charge in [0.15, 0.2) is 5.96 Å². The van der Waals surface area contributed by atoms with Crippen molar-refractivity contribution >= 4 is 5.96 Å². The van der Waals surface area contributed by atoms with E-state index in [9.17, 15) is 0 Å². The number of ether oxygens (including phenoxy) is 1. The monoisotopic (exact) mass is 415 g/mol. The van der Waals surface area contributed by atoms with E-state index in [2.05, 4.69) is 52.5 Å². The van der Waals surface area contributed by atoms with E-state index < -0.39 is 0 Å². The predicted octanol–water partition coefficient (Wildman–Crippen LogP) is 3.12. The maximum absolute atomic E-state index is 5.47. The summed E-state index contributed by atoms with van der Waals surface area (Å²) in [6.45, 7) is 13.0. The number of rotatable bonds is 10. The molecule has 2 unspecified atom stereocenters. The van der Waals surface area contributed by atoms with Crippen molar-refractivity contribution in [2.45, 2.75) is 45.6 Å². The Kier molecular flexibility index (Phi) is 9.27. The van der Waals surface area contributed by atoms with Crippen LogP contribution < -0.4 is 15.4 Å². The molecule has 2 saturated heterocycles. The van der Waals surface area contributed by atoms with Gasteiger partial charge in [0, 0.05) is 19.6 Å². The van der Waals surface area contributed by atoms with Gasteiger partial charge in [-0.05, 0) is 82.4 Å². The fourth-order valence-corrected chi connectivity index (χ4v) is 4.69. The summed E-state index contributed by atoms with van der Waals surface area (Å²) in [5.74, 6) is 2.58. The second-order valence-electron chi connectivity index (χ2n) is 8.59. The van der Waals surface area contributed by atoms with Gasteiger partial charge >= 0.3 is 0 Å². The Morgan fingerprint density at radius 3 is 2.77 bits per heavy atom. The Labute approximate surface area is 183 Å². The second kappa shape index (κ2) is 12.2. The first kappa shape index (κ1) is 22.9. The molecule has 0 saturated carbocycles. The quantitative estimate of drug-likeness (QED) is 0.454. The zero-order chi connectivity index (χ0) is 21.2. The van der Waals surface area contributed by atoms with E-state index in [1.54, 1.807) is 7.11 Å². The fraction of sp³-hybridized carbons (Fsp3) is 0.708. The minimum absolute atomic E-state index is 0.296. The summed E-state index contributed by atoms with van der Waals surface area (Å²) in [5.41, 5.74) is 1.29. The highest BCUT2D eigenvalue weighted by atomic mass is 16.5. The highest BCUT2D eigenvalue weighted by Gasteiger charge is 2.24. The van der Waals surface area contributed by atoms with Gasteiger partial charge in [-0.2, -0.15) is 0 Å². The minimum atomic E-state index is 0.296. The summed E-state index contributed by atoms with van der Waals surface area (Å²) in [6, 6.07) is 8.78. The molecule has 2 N–H and O–H groups in total. The van der Waals surface area contributed by atoms with Crippen LogP contribution in [0.5, 0.6) is 5.75 Å². The Morgan fingerprint density at radius 2 is 2.03 bits per heavy atom. The van der Waals surface area contributed by atoms with E-state index in [1.165, 1.54) is 50.9 Å². The molecule has 0 radical (unpaired) electrons. The maximum Gasteiger partial charge on any atom is 0.191 e. The van der Waals surface area contributed by atoms with Crippen molar-refractivity contribution in [2.24, 2.45) is 10.9 Å². The van der Waals surface area contributed by atoms with E-state index >= 15 is 0 Å². The van der Waals surface area contributed by atoms with E-state index in [0.717, 1.165) is 44.4 Å². The molecule has 2 aliphatic heterocycles. The van der Waals surface area contributed by atoms with Crippen molar-refractivity contribution in [3.8, 4) is 5.75 Å². The number of methoxy groups -OCH3 is 1. The van der Waals surface area contributed by atoms with Gasteiger partial charge in [0.25, 0.3) is 0 Å². The average molecular weight is 416 g/mol. The SMILES string of the molecule is CCCN1CCC(CNC(=NCC(c2cccc(OC)c2)N2CCCC2)NCC)C1. The third kappa shape index (κ3) is 6.61. The molecule has 1 aromatic carbocycles. The Hall–Kier alpha value is -1.79. The highest BCUT2D eigenvalue weighted by molar-refractivity contribution is 5.79. The molecule has 3 rings (SSSR count). The number of hydrogen-bond donors (Lipinski definition) is 2. The zero-order valence-corrected chi connectivity index (χ0v) is 19.2. The molecule has 0 aliphatic carbocycles. The number of hydrogen-bond acceptors (Lipinski definition) is 4. The molecule has 2 heterocycles. The van der Waals surface area contributed by atoms with Gasteiger partial charge in [0.05, 0.1) is 19.7 Å². The number of guanidine groups is 1. The number of likely N-dealkylation sites (tertiary alicyclic amines) is 2. The lowest BCUT2D eigenvalue weighted by Crippen LogP contribution is -2.41. The predicted molar refractivity (Wildman–Crippen MR) is 125 cm³/mol. The van der Waals surface area contributed by atoms with Gasteiger partial charge in [-0.3, -0.25) is 9.89 Å². The van der Waals surface area contributed by atoms with Crippen LogP contribution in [-0.4, -0.2) is 75.2 Å². The minimum Gasteiger partial charge on any atom is -0.497 e. The standard InChI is InChI=1S/C24H41N5O/c1-4-12-28-15-11-20(19-28)17-26-24(25-5-2)27-18-23(29-13-6-7-14-29)21-9-8-10-22(16-21)30-3/h8-10,16,20,23H,4-7,11-15,17-19H2,1-3H3,(H2,25,26,27). The van der Waals surface area contributed by atoms with Crippen LogP contribution in [0.2, 0.25) is 0 Å². The van der Waals surface area contributed by atoms with E-state index in [0.29, 0.717) is 12.0 Å². The molecule has 1 aromatic rings. The molecule has 168 valence electrons. The van der Waals surface area contributed by atoms with Gasteiger partial charge in [0.1, 0.15) is 5.75 Å². The summed E-state index contributed by atoms with van der Waals surface area (Å²) < 4.78 is 5.47. The van der Waals surface area contributed by atoms with Crippen LogP contribution in [0, 0.1) is 5.92 Å². The van der Waals surface area contributed by atoms with E-state index in [-0.39, 0.29) is 0 Å². The van der Waals surface area contributed by atoms with Crippen molar-refractivity contribution in [1.29, 1.82) is 0 Å². The van der Waals surface area contributed by atoms with Crippen molar-refractivity contribution in [3.05, 3.63) is 29.8 Å². The Morgan fingerprint density at radius 1 is 1.20 bits per heavy atom. The lowest BCUT2D eigenvalue weighted by Gasteiger charge is -2.27. The maximum atomic E-state index is 5.47. The van der Waals surface area contributed by atoms with Crippen LogP contribution in [-0.2, 0) is 0 Å². The van der Waals surface area contributed by atoms with Crippen LogP contribution in [0.25, 0.3) is 0 Å². The lowest BCUT2D eigenvalue weighted by atomic mass is 10.1. The molecule has 30 heavy (non-hydrogen) atoms. The average Bonchev–Trinajstić information content (AvgIpc) is 3.45. The summed E-state index contributed by atoms with van der Waals surface area (Å²) in [7, 11) is 1.74. The van der Waals surface area contributed by atoms with E-state index in [1.807, 2.05) is 6.07 Å². The van der Waals surface area contributed by atoms with Crippen LogP contribution in [0.15, 0.2) is 29.3 Å². The lowest BCUT2D eigenvalue weighted by molar-refractivity contribution is 0.251. The molecule has 0 bridgehead atoms. The Balaban J connectivity index is 1.63. The highest BCUT2D eigenvalue weighted by Crippen LogP contribution is 2.28.